The molecule has 0 radical (unpaired) electrons. The number of benzene rings is 1. The summed E-state index contributed by atoms with van der Waals surface area (Å²) in [6, 6.07) is 1.98. The van der Waals surface area contributed by atoms with Crippen LogP contribution in [0.4, 0.5) is 8.78 Å². The predicted molar refractivity (Wildman–Crippen MR) is 70.8 cm³/mol. The van der Waals surface area contributed by atoms with Gasteiger partial charge in [-0.25, -0.2) is 17.8 Å². The third-order valence-corrected chi connectivity index (χ3v) is 3.77. The van der Waals surface area contributed by atoms with Crippen molar-refractivity contribution in [1.29, 1.82) is 0 Å². The molecule has 1 aromatic heterocycles. The maximum atomic E-state index is 13.7. The lowest BCUT2D eigenvalue weighted by molar-refractivity contribution is 0.278. The number of nitrogens with zero attached hydrogens (tertiary/aromatic N) is 2. The van der Waals surface area contributed by atoms with E-state index in [1.807, 2.05) is 0 Å². The zero-order valence-electron chi connectivity index (χ0n) is 10.7. The Morgan fingerprint density at radius 1 is 1.19 bits per heavy atom. The number of hydrogen-bond donors (Lipinski definition) is 0. The molecule has 0 aliphatic heterocycles. The fourth-order valence-electron chi connectivity index (χ4n) is 1.48. The smallest absolute Gasteiger partial charge is 0.201 e. The molecule has 21 heavy (non-hydrogen) atoms. The molecule has 9 heteroatoms. The highest BCUT2D eigenvalue weighted by atomic mass is 35.5. The van der Waals surface area contributed by atoms with Gasteiger partial charge in [0.15, 0.2) is 21.4 Å². The van der Waals surface area contributed by atoms with Crippen LogP contribution in [0, 0.1) is 11.6 Å². The molecule has 2 rings (SSSR count). The van der Waals surface area contributed by atoms with E-state index >= 15 is 0 Å². The minimum absolute atomic E-state index is 0.168. The van der Waals surface area contributed by atoms with Crippen LogP contribution in [-0.2, 0) is 16.4 Å². The first kappa shape index (κ1) is 15.6. The Bertz CT molecular complexity index is 767. The van der Waals surface area contributed by atoms with Crippen LogP contribution in [0.15, 0.2) is 29.4 Å². The quantitative estimate of drug-likeness (QED) is 0.858. The number of halogens is 3. The second-order valence-electron chi connectivity index (χ2n) is 4.08. The van der Waals surface area contributed by atoms with Gasteiger partial charge in [0.1, 0.15) is 16.7 Å². The lowest BCUT2D eigenvalue weighted by Gasteiger charge is -2.09. The Morgan fingerprint density at radius 3 is 2.48 bits per heavy atom. The Kier molecular flexibility index (Phi) is 4.38. The second kappa shape index (κ2) is 5.90. The fourth-order valence-corrected chi connectivity index (χ4v) is 2.31. The average molecular weight is 335 g/mol. The molecule has 0 saturated carbocycles. The molecule has 0 N–H and O–H groups in total. The SMILES string of the molecule is CS(=O)(=O)c1ccc(OCc2cnc(Cl)cn2)c(F)c1F. The van der Waals surface area contributed by atoms with Crippen LogP contribution in [0.2, 0.25) is 5.15 Å². The number of sulfone groups is 1. The second-order valence-corrected chi connectivity index (χ2v) is 6.45. The number of hydrogen-bond acceptors (Lipinski definition) is 5. The Hall–Kier alpha value is -1.80. The number of aromatic nitrogens is 2. The minimum Gasteiger partial charge on any atom is -0.484 e. The maximum Gasteiger partial charge on any atom is 0.201 e. The van der Waals surface area contributed by atoms with Crippen LogP contribution in [0.3, 0.4) is 0 Å². The van der Waals surface area contributed by atoms with E-state index in [-0.39, 0.29) is 11.8 Å². The van der Waals surface area contributed by atoms with Crippen LogP contribution in [0.5, 0.6) is 5.75 Å². The van der Waals surface area contributed by atoms with Gasteiger partial charge < -0.3 is 4.74 Å². The summed E-state index contributed by atoms with van der Waals surface area (Å²) in [6.07, 6.45) is 3.39. The molecular formula is C12H9ClF2N2O3S. The molecule has 1 aromatic carbocycles. The highest BCUT2D eigenvalue weighted by molar-refractivity contribution is 7.90. The van der Waals surface area contributed by atoms with Crippen molar-refractivity contribution in [2.24, 2.45) is 0 Å². The molecule has 0 unspecified atom stereocenters. The average Bonchev–Trinajstić information content (AvgIpc) is 2.41. The monoisotopic (exact) mass is 334 g/mol. The number of ether oxygens (including phenoxy) is 1. The molecule has 1 heterocycles. The van der Waals surface area contributed by atoms with E-state index in [4.69, 9.17) is 16.3 Å². The topological polar surface area (TPSA) is 69.2 Å². The summed E-state index contributed by atoms with van der Waals surface area (Å²) in [6.45, 7) is -0.168. The highest BCUT2D eigenvalue weighted by Crippen LogP contribution is 2.26. The van der Waals surface area contributed by atoms with E-state index in [0.717, 1.165) is 18.4 Å². The van der Waals surface area contributed by atoms with Gasteiger partial charge in [0.05, 0.1) is 18.1 Å². The van der Waals surface area contributed by atoms with E-state index in [2.05, 4.69) is 9.97 Å². The Labute approximate surface area is 124 Å². The minimum atomic E-state index is -3.85. The molecule has 0 spiro atoms. The van der Waals surface area contributed by atoms with Gasteiger partial charge in [-0.15, -0.1) is 0 Å². The Balaban J connectivity index is 2.22. The number of rotatable bonds is 4. The summed E-state index contributed by atoms with van der Waals surface area (Å²) >= 11 is 5.55. The summed E-state index contributed by atoms with van der Waals surface area (Å²) in [5.74, 6) is -3.27. The van der Waals surface area contributed by atoms with E-state index in [1.165, 1.54) is 12.4 Å². The van der Waals surface area contributed by atoms with Crippen molar-refractivity contribution in [1.82, 2.24) is 9.97 Å². The lowest BCUT2D eigenvalue weighted by Crippen LogP contribution is -2.06. The van der Waals surface area contributed by atoms with Crippen molar-refractivity contribution in [2.75, 3.05) is 6.26 Å². The largest absolute Gasteiger partial charge is 0.484 e. The summed E-state index contributed by atoms with van der Waals surface area (Å²) in [5, 5.41) is 0.188. The van der Waals surface area contributed by atoms with Gasteiger partial charge in [0, 0.05) is 6.26 Å². The van der Waals surface area contributed by atoms with Crippen molar-refractivity contribution < 1.29 is 21.9 Å². The van der Waals surface area contributed by atoms with Crippen LogP contribution in [-0.4, -0.2) is 24.6 Å². The molecule has 0 atom stereocenters. The third-order valence-electron chi connectivity index (χ3n) is 2.46. The van der Waals surface area contributed by atoms with Gasteiger partial charge in [0.2, 0.25) is 5.82 Å². The zero-order chi connectivity index (χ0) is 15.6. The molecule has 0 amide bonds. The maximum absolute atomic E-state index is 13.7. The summed E-state index contributed by atoms with van der Waals surface area (Å²) in [7, 11) is -3.85. The summed E-state index contributed by atoms with van der Waals surface area (Å²) < 4.78 is 55.0. The van der Waals surface area contributed by atoms with Crippen molar-refractivity contribution in [3.8, 4) is 5.75 Å². The molecule has 112 valence electrons. The molecular weight excluding hydrogens is 326 g/mol. The van der Waals surface area contributed by atoms with Crippen LogP contribution in [0.1, 0.15) is 5.69 Å². The summed E-state index contributed by atoms with van der Waals surface area (Å²) in [4.78, 5) is 6.90. The normalized spacial score (nSPS) is 11.4. The van der Waals surface area contributed by atoms with Gasteiger partial charge in [-0.05, 0) is 12.1 Å². The van der Waals surface area contributed by atoms with Gasteiger partial charge in [-0.1, -0.05) is 11.6 Å². The van der Waals surface area contributed by atoms with E-state index < -0.39 is 32.1 Å². The van der Waals surface area contributed by atoms with Crippen LogP contribution < -0.4 is 4.74 Å². The van der Waals surface area contributed by atoms with Gasteiger partial charge in [-0.2, -0.15) is 4.39 Å². The van der Waals surface area contributed by atoms with Crippen molar-refractivity contribution in [2.45, 2.75) is 11.5 Å². The third kappa shape index (κ3) is 3.64. The van der Waals surface area contributed by atoms with Crippen molar-refractivity contribution in [3.63, 3.8) is 0 Å². The molecule has 0 saturated heterocycles. The molecule has 0 aliphatic rings. The van der Waals surface area contributed by atoms with Crippen molar-refractivity contribution >= 4 is 21.4 Å². The molecule has 5 nitrogen and oxygen atoms in total. The zero-order valence-corrected chi connectivity index (χ0v) is 12.3. The summed E-state index contributed by atoms with van der Waals surface area (Å²) in [5.41, 5.74) is 0.353. The first-order chi connectivity index (χ1) is 9.79. The van der Waals surface area contributed by atoms with E-state index in [9.17, 15) is 17.2 Å². The van der Waals surface area contributed by atoms with E-state index in [0.29, 0.717) is 5.69 Å². The molecule has 0 aliphatic carbocycles. The van der Waals surface area contributed by atoms with E-state index in [1.54, 1.807) is 0 Å². The predicted octanol–water partition coefficient (Wildman–Crippen LogP) is 2.39. The fraction of sp³-hybridized carbons (Fsp3) is 0.167. The van der Waals surface area contributed by atoms with Gasteiger partial charge in [-0.3, -0.25) is 4.98 Å². The standard InChI is InChI=1S/C12H9ClF2N2O3S/c1-21(18,19)9-3-2-8(11(14)12(9)15)20-6-7-4-17-10(13)5-16-7/h2-5H,6H2,1H3. The van der Waals surface area contributed by atoms with Crippen molar-refractivity contribution in [3.05, 3.63) is 47.0 Å². The first-order valence-electron chi connectivity index (χ1n) is 5.56. The molecule has 0 fully saturated rings. The van der Waals surface area contributed by atoms with Crippen LogP contribution >= 0.6 is 11.6 Å². The molecule has 0 bridgehead atoms. The van der Waals surface area contributed by atoms with Gasteiger partial charge in [0.25, 0.3) is 0 Å². The molecule has 2 aromatic rings. The first-order valence-corrected chi connectivity index (χ1v) is 7.83. The Morgan fingerprint density at radius 2 is 1.90 bits per heavy atom. The van der Waals surface area contributed by atoms with Crippen LogP contribution in [0.25, 0.3) is 0 Å². The highest BCUT2D eigenvalue weighted by Gasteiger charge is 2.21. The van der Waals surface area contributed by atoms with Gasteiger partial charge >= 0.3 is 0 Å². The lowest BCUT2D eigenvalue weighted by atomic mass is 10.3.